The number of halogens is 2. The predicted octanol–water partition coefficient (Wildman–Crippen LogP) is 4.68. The molecule has 26 heavy (non-hydrogen) atoms. The molecular formula is C19H19F2N3OS. The molecule has 1 aliphatic heterocycles. The Bertz CT molecular complexity index is 846. The molecule has 3 rings (SSSR count). The molecule has 1 N–H and O–H groups in total. The summed E-state index contributed by atoms with van der Waals surface area (Å²) in [6.45, 7) is 7.28. The minimum atomic E-state index is -1.83. The van der Waals surface area contributed by atoms with Crippen LogP contribution in [0.4, 0.5) is 8.78 Å². The summed E-state index contributed by atoms with van der Waals surface area (Å²) in [4.78, 5) is 15.2. The van der Waals surface area contributed by atoms with Crippen molar-refractivity contribution in [2.75, 3.05) is 13.1 Å². The molecule has 2 aromatic heterocycles. The standard InChI is InChI=1S/C19H19F2N3OS/c1-3-15(16(20)4-2)19(21)5-7-24(8-6-19)18(25)13-9-17(26-12-13)14-10-22-23-11-14/h3-4,9-12H,1-2,5-8H2,(H,22,23)/b16-15-. The summed E-state index contributed by atoms with van der Waals surface area (Å²) in [6, 6.07) is 1.81. The molecule has 1 saturated heterocycles. The fraction of sp³-hybridized carbons (Fsp3) is 0.263. The van der Waals surface area contributed by atoms with Crippen LogP contribution >= 0.6 is 11.3 Å². The largest absolute Gasteiger partial charge is 0.338 e. The van der Waals surface area contributed by atoms with E-state index in [1.165, 1.54) is 17.4 Å². The number of piperidine rings is 1. The van der Waals surface area contributed by atoms with Crippen molar-refractivity contribution in [3.8, 4) is 10.4 Å². The number of carbonyl (C=O) groups excluding carboxylic acids is 1. The summed E-state index contributed by atoms with van der Waals surface area (Å²) in [5.74, 6) is -0.851. The van der Waals surface area contributed by atoms with Gasteiger partial charge in [0.25, 0.3) is 5.91 Å². The van der Waals surface area contributed by atoms with Crippen LogP contribution in [0.1, 0.15) is 23.2 Å². The number of likely N-dealkylation sites (tertiary alicyclic amines) is 1. The minimum absolute atomic E-state index is 0.0279. The first-order valence-corrected chi connectivity index (χ1v) is 9.07. The normalized spacial score (nSPS) is 17.5. The second-order valence-electron chi connectivity index (χ2n) is 6.11. The van der Waals surface area contributed by atoms with Crippen molar-refractivity contribution in [2.45, 2.75) is 18.5 Å². The molecule has 0 atom stereocenters. The number of hydrogen-bond acceptors (Lipinski definition) is 3. The molecule has 0 saturated carbocycles. The van der Waals surface area contributed by atoms with Crippen molar-refractivity contribution in [1.82, 2.24) is 15.1 Å². The number of alkyl halides is 1. The summed E-state index contributed by atoms with van der Waals surface area (Å²) in [5, 5.41) is 8.42. The number of allylic oxidation sites excluding steroid dienone is 4. The molecule has 136 valence electrons. The quantitative estimate of drug-likeness (QED) is 0.772. The van der Waals surface area contributed by atoms with Crippen molar-refractivity contribution in [3.63, 3.8) is 0 Å². The minimum Gasteiger partial charge on any atom is -0.338 e. The maximum atomic E-state index is 15.1. The average molecular weight is 375 g/mol. The summed E-state index contributed by atoms with van der Waals surface area (Å²) in [7, 11) is 0. The van der Waals surface area contributed by atoms with Crippen LogP contribution in [-0.2, 0) is 0 Å². The maximum Gasteiger partial charge on any atom is 0.254 e. The molecular weight excluding hydrogens is 356 g/mol. The second-order valence-corrected chi connectivity index (χ2v) is 7.03. The van der Waals surface area contributed by atoms with Crippen molar-refractivity contribution in [2.24, 2.45) is 0 Å². The van der Waals surface area contributed by atoms with Crippen LogP contribution in [0.5, 0.6) is 0 Å². The third-order valence-electron chi connectivity index (χ3n) is 4.60. The van der Waals surface area contributed by atoms with E-state index in [1.54, 1.807) is 22.7 Å². The zero-order valence-corrected chi connectivity index (χ0v) is 15.0. The first kappa shape index (κ1) is 18.3. The molecule has 0 spiro atoms. The molecule has 1 aliphatic rings. The van der Waals surface area contributed by atoms with Gasteiger partial charge in [-0.3, -0.25) is 9.89 Å². The number of H-pyrrole nitrogens is 1. The summed E-state index contributed by atoms with van der Waals surface area (Å²) < 4.78 is 29.0. The number of nitrogens with zero attached hydrogens (tertiary/aromatic N) is 2. The van der Waals surface area contributed by atoms with Gasteiger partial charge in [-0.25, -0.2) is 8.78 Å². The van der Waals surface area contributed by atoms with Crippen molar-refractivity contribution in [3.05, 3.63) is 66.1 Å². The van der Waals surface area contributed by atoms with Gasteiger partial charge in [0.15, 0.2) is 0 Å². The fourth-order valence-corrected chi connectivity index (χ4v) is 3.97. The molecule has 0 radical (unpaired) electrons. The van der Waals surface area contributed by atoms with Crippen LogP contribution in [0.25, 0.3) is 10.4 Å². The lowest BCUT2D eigenvalue weighted by atomic mass is 9.85. The Hall–Kier alpha value is -2.54. The summed E-state index contributed by atoms with van der Waals surface area (Å²) >= 11 is 1.45. The number of rotatable bonds is 5. The highest BCUT2D eigenvalue weighted by atomic mass is 32.1. The van der Waals surface area contributed by atoms with Gasteiger partial charge >= 0.3 is 0 Å². The van der Waals surface area contributed by atoms with E-state index in [0.717, 1.165) is 16.5 Å². The molecule has 7 heteroatoms. The Morgan fingerprint density at radius 2 is 2.08 bits per heavy atom. The lowest BCUT2D eigenvalue weighted by Gasteiger charge is -2.37. The number of thiophene rings is 1. The number of aromatic nitrogens is 2. The predicted molar refractivity (Wildman–Crippen MR) is 99.4 cm³/mol. The van der Waals surface area contributed by atoms with Gasteiger partial charge in [-0.1, -0.05) is 19.2 Å². The van der Waals surface area contributed by atoms with E-state index in [0.29, 0.717) is 5.56 Å². The van der Waals surface area contributed by atoms with Gasteiger partial charge in [-0.05, 0) is 12.1 Å². The van der Waals surface area contributed by atoms with Gasteiger partial charge in [-0.15, -0.1) is 11.3 Å². The Morgan fingerprint density at radius 1 is 1.35 bits per heavy atom. The smallest absolute Gasteiger partial charge is 0.254 e. The Labute approximate surface area is 154 Å². The average Bonchev–Trinajstić information content (AvgIpc) is 3.33. The topological polar surface area (TPSA) is 49.0 Å². The Morgan fingerprint density at radius 3 is 2.65 bits per heavy atom. The highest BCUT2D eigenvalue weighted by Gasteiger charge is 2.39. The molecule has 0 aliphatic carbocycles. The molecule has 1 fully saturated rings. The Balaban J connectivity index is 1.71. The van der Waals surface area contributed by atoms with Gasteiger partial charge in [0.2, 0.25) is 0 Å². The number of amides is 1. The number of carbonyl (C=O) groups is 1. The zero-order valence-electron chi connectivity index (χ0n) is 14.2. The van der Waals surface area contributed by atoms with E-state index in [-0.39, 0.29) is 37.4 Å². The molecule has 1 amide bonds. The lowest BCUT2D eigenvalue weighted by molar-refractivity contribution is 0.0553. The van der Waals surface area contributed by atoms with Crippen LogP contribution in [-0.4, -0.2) is 39.8 Å². The SMILES string of the molecule is C=C/C(F)=C(\C=C)C1(F)CCN(C(=O)c2csc(-c3cn[nH]c3)c2)CC1. The summed E-state index contributed by atoms with van der Waals surface area (Å²) in [6.07, 6.45) is 5.69. The van der Waals surface area contributed by atoms with E-state index < -0.39 is 11.5 Å². The van der Waals surface area contributed by atoms with Gasteiger partial charge in [-0.2, -0.15) is 5.10 Å². The van der Waals surface area contributed by atoms with E-state index >= 15 is 4.39 Å². The number of nitrogens with one attached hydrogen (secondary N) is 1. The van der Waals surface area contributed by atoms with Crippen molar-refractivity contribution in [1.29, 1.82) is 0 Å². The molecule has 4 nitrogen and oxygen atoms in total. The maximum absolute atomic E-state index is 15.1. The molecule has 0 bridgehead atoms. The molecule has 0 aromatic carbocycles. The van der Waals surface area contributed by atoms with Crippen LogP contribution in [0.3, 0.4) is 0 Å². The molecule has 0 unspecified atom stereocenters. The van der Waals surface area contributed by atoms with E-state index in [9.17, 15) is 9.18 Å². The van der Waals surface area contributed by atoms with Gasteiger partial charge in [0, 0.05) is 53.5 Å². The highest BCUT2D eigenvalue weighted by molar-refractivity contribution is 7.13. The lowest BCUT2D eigenvalue weighted by Crippen LogP contribution is -2.45. The van der Waals surface area contributed by atoms with Crippen LogP contribution < -0.4 is 0 Å². The monoisotopic (exact) mass is 375 g/mol. The highest BCUT2D eigenvalue weighted by Crippen LogP contribution is 2.37. The summed E-state index contributed by atoms with van der Waals surface area (Å²) in [5.41, 5.74) is -0.434. The third-order valence-corrected chi connectivity index (χ3v) is 5.57. The zero-order chi connectivity index (χ0) is 18.7. The Kier molecular flexibility index (Phi) is 5.18. The van der Waals surface area contributed by atoms with Crippen LogP contribution in [0.2, 0.25) is 0 Å². The second kappa shape index (κ2) is 7.37. The van der Waals surface area contributed by atoms with E-state index in [1.807, 2.05) is 6.07 Å². The van der Waals surface area contributed by atoms with Crippen molar-refractivity contribution >= 4 is 17.2 Å². The third kappa shape index (κ3) is 3.39. The molecule has 2 aromatic rings. The van der Waals surface area contributed by atoms with Gasteiger partial charge < -0.3 is 4.90 Å². The van der Waals surface area contributed by atoms with Crippen LogP contribution in [0, 0.1) is 0 Å². The first-order valence-electron chi connectivity index (χ1n) is 8.19. The van der Waals surface area contributed by atoms with E-state index in [2.05, 4.69) is 23.4 Å². The number of aromatic amines is 1. The molecule has 3 heterocycles. The van der Waals surface area contributed by atoms with Crippen molar-refractivity contribution < 1.29 is 13.6 Å². The van der Waals surface area contributed by atoms with Crippen LogP contribution in [0.15, 0.2) is 60.6 Å². The van der Waals surface area contributed by atoms with E-state index in [4.69, 9.17) is 0 Å². The first-order chi connectivity index (χ1) is 12.5. The number of hydrogen-bond donors (Lipinski definition) is 1. The van der Waals surface area contributed by atoms with Gasteiger partial charge in [0.05, 0.1) is 11.8 Å². The fourth-order valence-electron chi connectivity index (χ4n) is 3.11. The van der Waals surface area contributed by atoms with Gasteiger partial charge in [0.1, 0.15) is 11.5 Å².